The molecule has 0 bridgehead atoms. The lowest BCUT2D eigenvalue weighted by Gasteiger charge is -2.31. The third-order valence-electron chi connectivity index (χ3n) is 16.2. The predicted octanol–water partition coefficient (Wildman–Crippen LogP) is -12.0. The first-order chi connectivity index (χ1) is 49.6. The number of carbonyl (C=O) groups is 12. The van der Waals surface area contributed by atoms with E-state index in [-0.39, 0.29) is 191 Å². The molecule has 0 saturated carbocycles. The second-order valence-electron chi connectivity index (χ2n) is 25.1. The minimum Gasteiger partial charge on any atom is -0.391 e. The van der Waals surface area contributed by atoms with Gasteiger partial charge in [-0.3, -0.25) is 82.5 Å². The third-order valence-corrected chi connectivity index (χ3v) is 16.2. The highest BCUT2D eigenvalue weighted by Gasteiger charge is 2.41. The van der Waals surface area contributed by atoms with Crippen LogP contribution in [0.1, 0.15) is 143 Å². The molecule has 1 rings (SSSR count). The molecule has 0 aromatic rings. The number of nitrogens with zero attached hydrogens (tertiary/aromatic N) is 6. The van der Waals surface area contributed by atoms with Crippen LogP contribution in [0.3, 0.4) is 0 Å². The summed E-state index contributed by atoms with van der Waals surface area (Å²) in [6.45, 7) is 4.03. The van der Waals surface area contributed by atoms with Crippen LogP contribution in [0.2, 0.25) is 0 Å². The van der Waals surface area contributed by atoms with E-state index >= 15 is 0 Å². The van der Waals surface area contributed by atoms with Crippen LogP contribution in [-0.2, 0) is 57.5 Å². The number of unbranched alkanes of at least 4 members (excludes halogenated alkanes) is 2. The number of likely N-dealkylation sites (tertiary alicyclic amines) is 1. The lowest BCUT2D eigenvalue weighted by Crippen LogP contribution is -2.61. The Bertz CT molecular complexity index is 2950. The Labute approximate surface area is 610 Å². The molecule has 1 aliphatic heterocycles. The molecule has 596 valence electrons. The molecule has 1 fully saturated rings. The summed E-state index contributed by atoms with van der Waals surface area (Å²) in [5.74, 6) is -12.0. The highest BCUT2D eigenvalue weighted by Crippen LogP contribution is 2.21. The molecule has 1 heterocycles. The van der Waals surface area contributed by atoms with Crippen molar-refractivity contribution >= 4 is 101 Å². The molecule has 44 nitrogen and oxygen atoms in total. The van der Waals surface area contributed by atoms with E-state index in [0.717, 1.165) is 0 Å². The summed E-state index contributed by atoms with van der Waals surface area (Å²) in [5, 5.41) is 46.5. The van der Waals surface area contributed by atoms with Crippen LogP contribution in [0, 0.1) is 0 Å². The molecular weight excluding hydrogens is 1380 g/mol. The van der Waals surface area contributed by atoms with Gasteiger partial charge in [0.15, 0.2) is 29.8 Å². The Balaban J connectivity index is 3.84. The largest absolute Gasteiger partial charge is 0.391 e. The molecule has 0 radical (unpaired) electrons. The van der Waals surface area contributed by atoms with Crippen LogP contribution in [0.5, 0.6) is 0 Å². The van der Waals surface area contributed by atoms with Crippen molar-refractivity contribution in [3.8, 4) is 0 Å². The molecule has 1 saturated heterocycles. The molecule has 0 aromatic carbocycles. The summed E-state index contributed by atoms with van der Waals surface area (Å²) < 4.78 is 0. The second kappa shape index (κ2) is 51.0. The molecule has 0 unspecified atom stereocenters. The standard InChI is InChI=1S/C61H118N30O14/c1-32(81-48(97)37(16-8-26-76-57(66)67)88-55(104)42-21-13-31-91(42)56(105)45(34(3)93)89-43(94)22-25-64)47(96)82-38(17-9-27-77-58(68)69)51(100)85-40(19-11-29-79-60(72)73)53(102)86-39(18-10-28-78-59(70)71)52(101)84-35(14-4-6-23-62)49(98)83-36(15-5-7-24-63)50(99)87-41(20-12-30-80-61(74)75)54(103)90-44(33(2)92)46(65)95/h32-42,44-45,92-93H,4-31,62-64H2,1-3H3,(H2,65,95)(H,81,97)(H,82,96)(H,83,98)(H,84,101)(H,85,100)(H,86,102)(H,87,99)(H,88,104)(H,89,94)(H,90,103)(H4,66,67,76)(H4,68,69,77)(H4,70,71,78)(H4,72,73,79)(H4,74,75,80)/t32-,33+,34+,35-,36-,37-,38-,39-,40-,41-,42-,44-,45-/m0/s1. The highest BCUT2D eigenvalue weighted by atomic mass is 16.3. The summed E-state index contributed by atoms with van der Waals surface area (Å²) in [5.41, 5.74) is 78.1. The van der Waals surface area contributed by atoms with Gasteiger partial charge in [0.2, 0.25) is 70.9 Å². The van der Waals surface area contributed by atoms with Crippen LogP contribution in [0.15, 0.2) is 25.0 Å². The van der Waals surface area contributed by atoms with E-state index in [4.69, 9.17) is 80.3 Å². The third kappa shape index (κ3) is 38.2. The number of aliphatic imine (C=N–C) groups is 5. The number of primary amides is 1. The van der Waals surface area contributed by atoms with Gasteiger partial charge in [-0.15, -0.1) is 0 Å². The van der Waals surface area contributed by atoms with E-state index in [9.17, 15) is 67.7 Å². The summed E-state index contributed by atoms with van der Waals surface area (Å²) in [6.07, 6.45) is -1.79. The first kappa shape index (κ1) is 92.8. The molecular formula is C61H118N30O14. The van der Waals surface area contributed by atoms with E-state index in [1.165, 1.54) is 25.7 Å². The van der Waals surface area contributed by atoms with E-state index in [1.807, 2.05) is 0 Å². The topological polar surface area (TPSA) is 795 Å². The SMILES string of the molecule is C[C@H](NC(=O)[C@H](CCCN=C(N)N)NC(=O)[C@@H]1CCCN1C(=O)[C@@H](NC(=O)CCN)[C@@H](C)O)C(=O)N[C@@H](CCCN=C(N)N)C(=O)N[C@@H](CCCN=C(N)N)C(=O)N[C@@H](CCCN=C(N)N)C(=O)N[C@@H](CCCCN)C(=O)N[C@@H](CCCCN)C(=O)N[C@@H](CCCN=C(N)N)C(=O)N[C@H](C(N)=O)[C@@H](C)O. The van der Waals surface area contributed by atoms with Crippen molar-refractivity contribution < 1.29 is 67.7 Å². The summed E-state index contributed by atoms with van der Waals surface area (Å²) >= 11 is 0. The monoisotopic (exact) mass is 1490 g/mol. The van der Waals surface area contributed by atoms with Gasteiger partial charge in [0, 0.05) is 52.2 Å². The van der Waals surface area contributed by atoms with Crippen LogP contribution in [0.4, 0.5) is 0 Å². The van der Waals surface area contributed by atoms with E-state index < -0.39 is 150 Å². The smallest absolute Gasteiger partial charge is 0.248 e. The molecule has 0 aromatic heterocycles. The van der Waals surface area contributed by atoms with Gasteiger partial charge in [0.25, 0.3) is 0 Å². The molecule has 0 spiro atoms. The number of aliphatic hydroxyl groups is 2. The van der Waals surface area contributed by atoms with E-state index in [0.29, 0.717) is 19.3 Å². The van der Waals surface area contributed by atoms with Gasteiger partial charge in [0.1, 0.15) is 66.5 Å². The number of amides is 12. The van der Waals surface area contributed by atoms with Crippen LogP contribution >= 0.6 is 0 Å². The number of aliphatic hydroxyl groups excluding tert-OH is 2. The second-order valence-corrected chi connectivity index (χ2v) is 25.1. The number of nitrogens with two attached hydrogens (primary N) is 14. The zero-order valence-corrected chi connectivity index (χ0v) is 60.4. The molecule has 40 N–H and O–H groups in total. The zero-order chi connectivity index (χ0) is 79.3. The van der Waals surface area contributed by atoms with Gasteiger partial charge < -0.3 is 149 Å². The molecule has 13 atom stereocenters. The fourth-order valence-corrected chi connectivity index (χ4v) is 10.6. The van der Waals surface area contributed by atoms with Gasteiger partial charge >= 0.3 is 0 Å². The Morgan fingerprint density at radius 2 is 0.667 bits per heavy atom. The van der Waals surface area contributed by atoms with Crippen molar-refractivity contribution in [2.75, 3.05) is 58.9 Å². The van der Waals surface area contributed by atoms with E-state index in [1.54, 1.807) is 0 Å². The maximum Gasteiger partial charge on any atom is 0.248 e. The van der Waals surface area contributed by atoms with Gasteiger partial charge in [-0.05, 0) is 149 Å². The van der Waals surface area contributed by atoms with Gasteiger partial charge in [0.05, 0.1) is 12.2 Å². The predicted molar refractivity (Wildman–Crippen MR) is 391 cm³/mol. The normalized spacial score (nSPS) is 15.8. The number of nitrogens with one attached hydrogen (secondary N) is 10. The average molecular weight is 1500 g/mol. The fraction of sp³-hybridized carbons (Fsp3) is 0.721. The van der Waals surface area contributed by atoms with Gasteiger partial charge in [-0.1, -0.05) is 0 Å². The molecule has 12 amide bonds. The van der Waals surface area contributed by atoms with Crippen molar-refractivity contribution in [2.24, 2.45) is 105 Å². The van der Waals surface area contributed by atoms with Crippen LogP contribution in [0.25, 0.3) is 0 Å². The fourth-order valence-electron chi connectivity index (χ4n) is 10.6. The number of rotatable bonds is 53. The highest BCUT2D eigenvalue weighted by molar-refractivity contribution is 5.99. The quantitative estimate of drug-likeness (QED) is 0.0153. The Hall–Kier alpha value is -10.2. The molecule has 44 heteroatoms. The first-order valence-electron chi connectivity index (χ1n) is 34.9. The Kier molecular flexibility index (Phi) is 45.1. The number of carbonyl (C=O) groups excluding carboxylic acids is 12. The van der Waals surface area contributed by atoms with Crippen molar-refractivity contribution in [3.05, 3.63) is 0 Å². The van der Waals surface area contributed by atoms with Gasteiger partial charge in [-0.25, -0.2) is 0 Å². The number of guanidine groups is 5. The van der Waals surface area contributed by atoms with Crippen molar-refractivity contribution in [1.82, 2.24) is 58.1 Å². The minimum atomic E-state index is -1.56. The molecule has 0 aliphatic carbocycles. The molecule has 105 heavy (non-hydrogen) atoms. The van der Waals surface area contributed by atoms with Crippen LogP contribution in [-0.4, -0.2) is 253 Å². The maximum atomic E-state index is 14.8. The Morgan fingerprint density at radius 1 is 0.371 bits per heavy atom. The zero-order valence-electron chi connectivity index (χ0n) is 60.4. The Morgan fingerprint density at radius 3 is 0.962 bits per heavy atom. The number of hydrogen-bond acceptors (Lipinski definition) is 22. The minimum absolute atomic E-state index is 0.00727. The lowest BCUT2D eigenvalue weighted by molar-refractivity contribution is -0.144. The summed E-state index contributed by atoms with van der Waals surface area (Å²) in [7, 11) is 0. The average Bonchev–Trinajstić information content (AvgIpc) is 1.72. The summed E-state index contributed by atoms with van der Waals surface area (Å²) in [6, 6.07) is -15.8. The summed E-state index contributed by atoms with van der Waals surface area (Å²) in [4.78, 5) is 189. The van der Waals surface area contributed by atoms with Crippen molar-refractivity contribution in [3.63, 3.8) is 0 Å². The maximum absolute atomic E-state index is 14.8. The first-order valence-corrected chi connectivity index (χ1v) is 34.9. The van der Waals surface area contributed by atoms with E-state index in [2.05, 4.69) is 78.1 Å². The van der Waals surface area contributed by atoms with Gasteiger partial charge in [-0.2, -0.15) is 0 Å². The number of hydrogen-bond donors (Lipinski definition) is 26. The van der Waals surface area contributed by atoms with Crippen molar-refractivity contribution in [2.45, 2.75) is 221 Å². The lowest BCUT2D eigenvalue weighted by atomic mass is 10.0. The van der Waals surface area contributed by atoms with Crippen molar-refractivity contribution in [1.29, 1.82) is 0 Å². The van der Waals surface area contributed by atoms with Crippen LogP contribution < -0.4 is 133 Å². The molecule has 1 aliphatic rings.